The molecule has 17 heavy (non-hydrogen) atoms. The van der Waals surface area contributed by atoms with Crippen LogP contribution in [0.15, 0.2) is 28.7 Å². The number of benzene rings is 1. The summed E-state index contributed by atoms with van der Waals surface area (Å²) in [7, 11) is 0. The van der Waals surface area contributed by atoms with Gasteiger partial charge in [-0.05, 0) is 49.8 Å². The molecule has 1 aliphatic heterocycles. The summed E-state index contributed by atoms with van der Waals surface area (Å²) in [4.78, 5) is 0. The lowest BCUT2D eigenvalue weighted by Gasteiger charge is -2.13. The summed E-state index contributed by atoms with van der Waals surface area (Å²) in [5, 5.41) is 10.1. The van der Waals surface area contributed by atoms with Crippen molar-refractivity contribution in [3.05, 3.63) is 34.3 Å². The van der Waals surface area contributed by atoms with E-state index in [1.54, 1.807) is 0 Å². The highest BCUT2D eigenvalue weighted by Crippen LogP contribution is 2.24. The van der Waals surface area contributed by atoms with Crippen LogP contribution in [0.1, 0.15) is 43.8 Å². The monoisotopic (exact) mass is 298 g/mol. The highest BCUT2D eigenvalue weighted by molar-refractivity contribution is 9.10. The predicted octanol–water partition coefficient (Wildman–Crippen LogP) is 3.83. The zero-order valence-corrected chi connectivity index (χ0v) is 11.5. The number of aliphatic hydroxyl groups excluding tert-OH is 1. The van der Waals surface area contributed by atoms with Crippen LogP contribution in [0.3, 0.4) is 0 Å². The molecule has 94 valence electrons. The Morgan fingerprint density at radius 3 is 3.06 bits per heavy atom. The van der Waals surface area contributed by atoms with Gasteiger partial charge in [0.1, 0.15) is 0 Å². The van der Waals surface area contributed by atoms with Gasteiger partial charge in [0.05, 0.1) is 12.2 Å². The highest BCUT2D eigenvalue weighted by atomic mass is 79.9. The topological polar surface area (TPSA) is 29.5 Å². The van der Waals surface area contributed by atoms with Crippen LogP contribution in [0.4, 0.5) is 0 Å². The maximum absolute atomic E-state index is 10.1. The number of ether oxygens (including phenoxy) is 1. The van der Waals surface area contributed by atoms with Gasteiger partial charge < -0.3 is 9.84 Å². The fourth-order valence-corrected chi connectivity index (χ4v) is 2.71. The molecule has 0 radical (unpaired) electrons. The van der Waals surface area contributed by atoms with Crippen LogP contribution >= 0.6 is 15.9 Å². The SMILES string of the molecule is OC(CCCC1CCCO1)c1cccc(Br)c1. The van der Waals surface area contributed by atoms with Crippen molar-refractivity contribution in [1.29, 1.82) is 0 Å². The van der Waals surface area contributed by atoms with E-state index >= 15 is 0 Å². The summed E-state index contributed by atoms with van der Waals surface area (Å²) < 4.78 is 6.59. The summed E-state index contributed by atoms with van der Waals surface area (Å²) in [6, 6.07) is 7.89. The second-order valence-electron chi connectivity index (χ2n) is 4.64. The van der Waals surface area contributed by atoms with Crippen molar-refractivity contribution in [2.75, 3.05) is 6.61 Å². The summed E-state index contributed by atoms with van der Waals surface area (Å²) in [5.74, 6) is 0. The van der Waals surface area contributed by atoms with Crippen molar-refractivity contribution < 1.29 is 9.84 Å². The molecule has 3 heteroatoms. The lowest BCUT2D eigenvalue weighted by Crippen LogP contribution is -2.06. The van der Waals surface area contributed by atoms with E-state index in [9.17, 15) is 5.11 Å². The van der Waals surface area contributed by atoms with Gasteiger partial charge in [-0.2, -0.15) is 0 Å². The number of aliphatic hydroxyl groups is 1. The first-order valence-corrected chi connectivity index (χ1v) is 7.10. The molecule has 2 nitrogen and oxygen atoms in total. The van der Waals surface area contributed by atoms with Crippen LogP contribution in [-0.4, -0.2) is 17.8 Å². The summed E-state index contributed by atoms with van der Waals surface area (Å²) in [6.07, 6.45) is 5.38. The molecule has 1 N–H and O–H groups in total. The average Bonchev–Trinajstić information content (AvgIpc) is 2.82. The van der Waals surface area contributed by atoms with Gasteiger partial charge in [0.2, 0.25) is 0 Å². The molecule has 0 bridgehead atoms. The molecule has 2 unspecified atom stereocenters. The van der Waals surface area contributed by atoms with Gasteiger partial charge in [0, 0.05) is 11.1 Å². The van der Waals surface area contributed by atoms with Crippen LogP contribution in [0.5, 0.6) is 0 Å². The van der Waals surface area contributed by atoms with Crippen molar-refractivity contribution in [3.63, 3.8) is 0 Å². The fourth-order valence-electron chi connectivity index (χ4n) is 2.29. The second kappa shape index (κ2) is 6.53. The summed E-state index contributed by atoms with van der Waals surface area (Å²) in [5.41, 5.74) is 0.992. The first-order valence-electron chi connectivity index (χ1n) is 6.31. The normalized spacial score (nSPS) is 21.6. The zero-order chi connectivity index (χ0) is 12.1. The van der Waals surface area contributed by atoms with Gasteiger partial charge in [-0.15, -0.1) is 0 Å². The third kappa shape index (κ3) is 4.09. The summed E-state index contributed by atoms with van der Waals surface area (Å²) in [6.45, 7) is 0.916. The Balaban J connectivity index is 1.74. The standard InChI is InChI=1S/C14H19BrO2/c15-12-5-1-4-11(10-12)14(16)8-2-6-13-7-3-9-17-13/h1,4-5,10,13-14,16H,2-3,6-9H2. The number of hydrogen-bond acceptors (Lipinski definition) is 2. The Kier molecular flexibility index (Phi) is 5.01. The van der Waals surface area contributed by atoms with E-state index < -0.39 is 0 Å². The Morgan fingerprint density at radius 1 is 1.47 bits per heavy atom. The van der Waals surface area contributed by atoms with E-state index in [0.717, 1.165) is 35.9 Å². The minimum atomic E-state index is -0.353. The van der Waals surface area contributed by atoms with Crippen molar-refractivity contribution >= 4 is 15.9 Å². The molecule has 1 aromatic carbocycles. The van der Waals surface area contributed by atoms with E-state index in [1.807, 2.05) is 24.3 Å². The smallest absolute Gasteiger partial charge is 0.0790 e. The number of halogens is 1. The van der Waals surface area contributed by atoms with Gasteiger partial charge in [-0.1, -0.05) is 28.1 Å². The Bertz CT molecular complexity index is 348. The van der Waals surface area contributed by atoms with Gasteiger partial charge >= 0.3 is 0 Å². The average molecular weight is 299 g/mol. The maximum atomic E-state index is 10.1. The van der Waals surface area contributed by atoms with Crippen LogP contribution in [-0.2, 0) is 4.74 Å². The van der Waals surface area contributed by atoms with Gasteiger partial charge in [-0.25, -0.2) is 0 Å². The maximum Gasteiger partial charge on any atom is 0.0790 e. The van der Waals surface area contributed by atoms with E-state index in [0.29, 0.717) is 6.10 Å². The first-order chi connectivity index (χ1) is 8.25. The first kappa shape index (κ1) is 13.1. The highest BCUT2D eigenvalue weighted by Gasteiger charge is 2.16. The third-order valence-electron chi connectivity index (χ3n) is 3.26. The molecule has 0 aromatic heterocycles. The van der Waals surface area contributed by atoms with E-state index in [4.69, 9.17) is 4.74 Å². The minimum absolute atomic E-state index is 0.353. The Morgan fingerprint density at radius 2 is 2.35 bits per heavy atom. The van der Waals surface area contributed by atoms with Gasteiger partial charge in [0.25, 0.3) is 0 Å². The Hall–Kier alpha value is -0.380. The molecular weight excluding hydrogens is 280 g/mol. The van der Waals surface area contributed by atoms with Crippen molar-refractivity contribution in [3.8, 4) is 0 Å². The molecule has 2 atom stereocenters. The number of hydrogen-bond donors (Lipinski definition) is 1. The lowest BCUT2D eigenvalue weighted by molar-refractivity contribution is 0.0944. The molecule has 0 spiro atoms. The molecule has 1 aliphatic rings. The van der Waals surface area contributed by atoms with Gasteiger partial charge in [-0.3, -0.25) is 0 Å². The molecule has 1 aromatic rings. The molecule has 1 saturated heterocycles. The van der Waals surface area contributed by atoms with Crippen LogP contribution in [0.2, 0.25) is 0 Å². The van der Waals surface area contributed by atoms with Crippen LogP contribution in [0.25, 0.3) is 0 Å². The second-order valence-corrected chi connectivity index (χ2v) is 5.55. The van der Waals surface area contributed by atoms with Crippen LogP contribution in [0, 0.1) is 0 Å². The molecular formula is C14H19BrO2. The fraction of sp³-hybridized carbons (Fsp3) is 0.571. The van der Waals surface area contributed by atoms with E-state index in [-0.39, 0.29) is 6.10 Å². The summed E-state index contributed by atoms with van der Waals surface area (Å²) >= 11 is 3.42. The molecule has 0 amide bonds. The molecule has 1 fully saturated rings. The van der Waals surface area contributed by atoms with Crippen molar-refractivity contribution in [1.82, 2.24) is 0 Å². The van der Waals surface area contributed by atoms with Crippen molar-refractivity contribution in [2.45, 2.75) is 44.3 Å². The lowest BCUT2D eigenvalue weighted by atomic mass is 10.0. The molecule has 0 aliphatic carbocycles. The molecule has 0 saturated carbocycles. The molecule has 1 heterocycles. The van der Waals surface area contributed by atoms with Crippen LogP contribution < -0.4 is 0 Å². The quantitative estimate of drug-likeness (QED) is 0.895. The van der Waals surface area contributed by atoms with Crippen molar-refractivity contribution in [2.24, 2.45) is 0 Å². The number of rotatable bonds is 5. The van der Waals surface area contributed by atoms with E-state index in [2.05, 4.69) is 15.9 Å². The predicted molar refractivity (Wildman–Crippen MR) is 71.9 cm³/mol. The zero-order valence-electron chi connectivity index (χ0n) is 9.94. The third-order valence-corrected chi connectivity index (χ3v) is 3.75. The van der Waals surface area contributed by atoms with E-state index in [1.165, 1.54) is 12.8 Å². The van der Waals surface area contributed by atoms with Gasteiger partial charge in [0.15, 0.2) is 0 Å². The minimum Gasteiger partial charge on any atom is -0.388 e. The largest absolute Gasteiger partial charge is 0.388 e. The Labute approximate surface area is 111 Å². The molecule has 2 rings (SSSR count).